The summed E-state index contributed by atoms with van der Waals surface area (Å²) in [5, 5.41) is 5.02. The van der Waals surface area contributed by atoms with E-state index in [1.165, 1.54) is 45.2 Å². The average molecular weight is 374 g/mol. The first-order valence-corrected chi connectivity index (χ1v) is 10.3. The van der Waals surface area contributed by atoms with Crippen LogP contribution in [-0.4, -0.2) is 41.1 Å². The highest BCUT2D eigenvalue weighted by Gasteiger charge is 2.32. The van der Waals surface area contributed by atoms with E-state index < -0.39 is 0 Å². The minimum absolute atomic E-state index is 0.154. The molecule has 1 amide bonds. The van der Waals surface area contributed by atoms with Gasteiger partial charge < -0.3 is 14.8 Å². The van der Waals surface area contributed by atoms with Crippen LogP contribution in [0.1, 0.15) is 38.5 Å². The molecule has 2 saturated heterocycles. The Labute approximate surface area is 160 Å². The second kappa shape index (κ2) is 8.01. The van der Waals surface area contributed by atoms with Gasteiger partial charge in [0.15, 0.2) is 0 Å². The molecule has 0 aliphatic carbocycles. The summed E-state index contributed by atoms with van der Waals surface area (Å²) in [4.78, 5) is 15.0. The summed E-state index contributed by atoms with van der Waals surface area (Å²) in [5.41, 5.74) is 1.09. The second-order valence-electron chi connectivity index (χ2n) is 7.74. The van der Waals surface area contributed by atoms with Crippen LogP contribution in [0.4, 0.5) is 0 Å². The number of nitrogens with zero attached hydrogens (tertiary/aromatic N) is 2. The number of fused-ring (bicyclic) bond motifs is 2. The number of piperidine rings is 2. The van der Waals surface area contributed by atoms with Gasteiger partial charge >= 0.3 is 0 Å². The smallest absolute Gasteiger partial charge is 0.221 e. The minimum Gasteiger partial charge on any atom is -0.356 e. The van der Waals surface area contributed by atoms with Crippen LogP contribution in [0.25, 0.3) is 10.9 Å². The van der Waals surface area contributed by atoms with Gasteiger partial charge in [-0.2, -0.15) is 0 Å². The summed E-state index contributed by atoms with van der Waals surface area (Å²) in [6.07, 6.45) is 9.04. The number of benzene rings is 1. The third-order valence-corrected chi connectivity index (χ3v) is 6.46. The third kappa shape index (κ3) is 3.77. The van der Waals surface area contributed by atoms with E-state index in [1.54, 1.807) is 0 Å². The molecule has 0 spiro atoms. The fraction of sp³-hybridized carbons (Fsp3) is 0.571. The lowest BCUT2D eigenvalue weighted by Crippen LogP contribution is -2.51. The lowest BCUT2D eigenvalue weighted by Gasteiger charge is -2.44. The molecule has 2 atom stereocenters. The number of aromatic nitrogens is 1. The van der Waals surface area contributed by atoms with Crippen molar-refractivity contribution in [3.8, 4) is 0 Å². The highest BCUT2D eigenvalue weighted by Crippen LogP contribution is 2.30. The number of nitrogens with one attached hydrogen (secondary N) is 1. The van der Waals surface area contributed by atoms with Gasteiger partial charge in [0.2, 0.25) is 5.91 Å². The zero-order valence-corrected chi connectivity index (χ0v) is 16.0. The maximum Gasteiger partial charge on any atom is 0.221 e. The number of aryl methyl sites for hydroxylation is 1. The van der Waals surface area contributed by atoms with Crippen LogP contribution in [0.3, 0.4) is 0 Å². The molecular weight excluding hydrogens is 346 g/mol. The van der Waals surface area contributed by atoms with E-state index in [0.29, 0.717) is 24.9 Å². The van der Waals surface area contributed by atoms with Crippen LogP contribution >= 0.6 is 11.6 Å². The van der Waals surface area contributed by atoms with Gasteiger partial charge in [0.1, 0.15) is 0 Å². The van der Waals surface area contributed by atoms with Crippen molar-refractivity contribution in [2.75, 3.05) is 19.6 Å². The maximum absolute atomic E-state index is 12.4. The van der Waals surface area contributed by atoms with Crippen molar-refractivity contribution in [2.45, 2.75) is 51.1 Å². The summed E-state index contributed by atoms with van der Waals surface area (Å²) < 4.78 is 2.12. The molecule has 4 rings (SSSR count). The van der Waals surface area contributed by atoms with Crippen molar-refractivity contribution in [1.82, 2.24) is 14.8 Å². The molecule has 0 radical (unpaired) electrons. The molecule has 1 aromatic carbocycles. The molecular formula is C21H28ClN3O. The monoisotopic (exact) mass is 373 g/mol. The summed E-state index contributed by atoms with van der Waals surface area (Å²) in [7, 11) is 0. The predicted molar refractivity (Wildman–Crippen MR) is 107 cm³/mol. The number of amides is 1. The number of rotatable bonds is 5. The lowest BCUT2D eigenvalue weighted by molar-refractivity contribution is -0.121. The van der Waals surface area contributed by atoms with E-state index in [4.69, 9.17) is 11.6 Å². The van der Waals surface area contributed by atoms with Crippen LogP contribution in [0.5, 0.6) is 0 Å². The van der Waals surface area contributed by atoms with Crippen molar-refractivity contribution in [3.63, 3.8) is 0 Å². The number of carbonyl (C=O) groups excluding carboxylic acids is 1. The number of hydrogen-bond donors (Lipinski definition) is 1. The van der Waals surface area contributed by atoms with Gasteiger partial charge in [-0.15, -0.1) is 0 Å². The number of halogens is 1. The minimum atomic E-state index is 0.154. The van der Waals surface area contributed by atoms with Crippen molar-refractivity contribution in [2.24, 2.45) is 5.92 Å². The van der Waals surface area contributed by atoms with Gasteiger partial charge in [-0.1, -0.05) is 24.1 Å². The van der Waals surface area contributed by atoms with Gasteiger partial charge in [0.25, 0.3) is 0 Å². The zero-order chi connectivity index (χ0) is 17.9. The molecule has 0 unspecified atom stereocenters. The highest BCUT2D eigenvalue weighted by atomic mass is 35.5. The Kier molecular flexibility index (Phi) is 5.51. The highest BCUT2D eigenvalue weighted by molar-refractivity contribution is 6.35. The Morgan fingerprint density at radius 3 is 2.96 bits per heavy atom. The SMILES string of the molecule is O=C(CCn1ccc2c(Cl)cccc21)NC[C@H]1CCCN2CCCC[C@H]12. The summed E-state index contributed by atoms with van der Waals surface area (Å²) in [6, 6.07) is 8.63. The summed E-state index contributed by atoms with van der Waals surface area (Å²) in [5.74, 6) is 0.779. The first-order chi connectivity index (χ1) is 12.7. The quantitative estimate of drug-likeness (QED) is 0.857. The second-order valence-corrected chi connectivity index (χ2v) is 8.14. The van der Waals surface area contributed by atoms with E-state index in [1.807, 2.05) is 24.4 Å². The van der Waals surface area contributed by atoms with E-state index in [-0.39, 0.29) is 5.91 Å². The molecule has 2 aromatic rings. The Balaban J connectivity index is 1.29. The Morgan fingerprint density at radius 1 is 1.15 bits per heavy atom. The molecule has 26 heavy (non-hydrogen) atoms. The molecule has 1 N–H and O–H groups in total. The van der Waals surface area contributed by atoms with Crippen LogP contribution in [-0.2, 0) is 11.3 Å². The van der Waals surface area contributed by atoms with Crippen LogP contribution in [0.15, 0.2) is 30.5 Å². The van der Waals surface area contributed by atoms with Gasteiger partial charge in [-0.3, -0.25) is 4.79 Å². The largest absolute Gasteiger partial charge is 0.356 e. The van der Waals surface area contributed by atoms with Gasteiger partial charge in [-0.05, 0) is 62.9 Å². The van der Waals surface area contributed by atoms with Crippen molar-refractivity contribution in [1.29, 1.82) is 0 Å². The Hall–Kier alpha value is -1.52. The fourth-order valence-corrected chi connectivity index (χ4v) is 4.98. The standard InChI is InChI=1S/C21H28ClN3O/c22-18-6-3-8-20-17(18)9-13-25(20)14-10-21(26)23-15-16-5-4-12-24-11-2-1-7-19(16)24/h3,6,8-9,13,16,19H,1-2,4-5,7,10-12,14-15H2,(H,23,26)/t16-,19-/m1/s1. The van der Waals surface area contributed by atoms with E-state index in [0.717, 1.165) is 22.5 Å². The van der Waals surface area contributed by atoms with Gasteiger partial charge in [-0.25, -0.2) is 0 Å². The molecule has 2 fully saturated rings. The molecule has 2 aliphatic rings. The summed E-state index contributed by atoms with van der Waals surface area (Å²) >= 11 is 6.23. The summed E-state index contributed by atoms with van der Waals surface area (Å²) in [6.45, 7) is 4.02. The van der Waals surface area contributed by atoms with Crippen molar-refractivity contribution < 1.29 is 4.79 Å². The molecule has 0 bridgehead atoms. The molecule has 1 aromatic heterocycles. The zero-order valence-electron chi connectivity index (χ0n) is 15.3. The molecule has 3 heterocycles. The predicted octanol–water partition coefficient (Wildman–Crippen LogP) is 4.07. The molecule has 4 nitrogen and oxygen atoms in total. The molecule has 140 valence electrons. The number of carbonyl (C=O) groups is 1. The van der Waals surface area contributed by atoms with E-state index in [2.05, 4.69) is 20.9 Å². The number of hydrogen-bond acceptors (Lipinski definition) is 2. The molecule has 5 heteroatoms. The van der Waals surface area contributed by atoms with E-state index >= 15 is 0 Å². The molecule has 0 saturated carbocycles. The van der Waals surface area contributed by atoms with Crippen LogP contribution in [0.2, 0.25) is 5.02 Å². The van der Waals surface area contributed by atoms with Crippen molar-refractivity contribution in [3.05, 3.63) is 35.5 Å². The Morgan fingerprint density at radius 2 is 2.04 bits per heavy atom. The first-order valence-electron chi connectivity index (χ1n) is 9.96. The normalized spacial score (nSPS) is 23.7. The molecule has 2 aliphatic heterocycles. The van der Waals surface area contributed by atoms with Gasteiger partial charge in [0, 0.05) is 47.7 Å². The van der Waals surface area contributed by atoms with E-state index in [9.17, 15) is 4.79 Å². The first kappa shape index (κ1) is 17.9. The fourth-order valence-electron chi connectivity index (χ4n) is 4.75. The lowest BCUT2D eigenvalue weighted by atomic mass is 9.83. The maximum atomic E-state index is 12.4. The third-order valence-electron chi connectivity index (χ3n) is 6.13. The average Bonchev–Trinajstić information content (AvgIpc) is 3.09. The van der Waals surface area contributed by atoms with Crippen molar-refractivity contribution >= 4 is 28.4 Å². The van der Waals surface area contributed by atoms with Crippen LogP contribution in [0, 0.1) is 5.92 Å². The Bertz CT molecular complexity index is 770. The van der Waals surface area contributed by atoms with Crippen LogP contribution < -0.4 is 5.32 Å². The van der Waals surface area contributed by atoms with Gasteiger partial charge in [0.05, 0.1) is 0 Å². The topological polar surface area (TPSA) is 37.3 Å².